The average Bonchev–Trinajstić information content (AvgIpc) is 2.44. The molecule has 0 bridgehead atoms. The van der Waals surface area contributed by atoms with Crippen molar-refractivity contribution in [2.75, 3.05) is 0 Å². The predicted octanol–water partition coefficient (Wildman–Crippen LogP) is 3.17. The molecule has 4 heteroatoms. The number of nitrogens with one attached hydrogen (secondary N) is 1. The maximum atomic E-state index is 11.6. The SMILES string of the molecule is O=C(/C=C/c1cccc(Br)c1)NCc1ccncc1. The number of hydrogen-bond acceptors (Lipinski definition) is 2. The monoisotopic (exact) mass is 316 g/mol. The second-order valence-corrected chi connectivity index (χ2v) is 4.88. The van der Waals surface area contributed by atoms with Gasteiger partial charge in [-0.2, -0.15) is 0 Å². The number of hydrogen-bond donors (Lipinski definition) is 1. The molecule has 0 atom stereocenters. The van der Waals surface area contributed by atoms with Crippen molar-refractivity contribution < 1.29 is 4.79 Å². The summed E-state index contributed by atoms with van der Waals surface area (Å²) in [5.74, 6) is -0.114. The summed E-state index contributed by atoms with van der Waals surface area (Å²) in [5.41, 5.74) is 2.01. The van der Waals surface area contributed by atoms with Crippen LogP contribution in [0.2, 0.25) is 0 Å². The predicted molar refractivity (Wildman–Crippen MR) is 79.3 cm³/mol. The number of benzene rings is 1. The lowest BCUT2D eigenvalue weighted by atomic mass is 10.2. The number of nitrogens with zero attached hydrogens (tertiary/aromatic N) is 1. The Labute approximate surface area is 120 Å². The Morgan fingerprint density at radius 1 is 1.26 bits per heavy atom. The molecule has 0 aliphatic carbocycles. The van der Waals surface area contributed by atoms with Crippen molar-refractivity contribution in [3.8, 4) is 0 Å². The number of carbonyl (C=O) groups is 1. The minimum absolute atomic E-state index is 0.114. The van der Waals surface area contributed by atoms with Gasteiger partial charge in [-0.1, -0.05) is 28.1 Å². The van der Waals surface area contributed by atoms with E-state index in [1.807, 2.05) is 36.4 Å². The first-order valence-corrected chi connectivity index (χ1v) is 6.64. The molecule has 0 radical (unpaired) electrons. The lowest BCUT2D eigenvalue weighted by molar-refractivity contribution is -0.116. The van der Waals surface area contributed by atoms with E-state index in [1.54, 1.807) is 18.5 Å². The Morgan fingerprint density at radius 3 is 2.79 bits per heavy atom. The van der Waals surface area contributed by atoms with Gasteiger partial charge in [0.1, 0.15) is 0 Å². The summed E-state index contributed by atoms with van der Waals surface area (Å²) in [7, 11) is 0. The van der Waals surface area contributed by atoms with Gasteiger partial charge in [-0.05, 0) is 41.5 Å². The Bertz CT molecular complexity index is 582. The molecule has 1 amide bonds. The summed E-state index contributed by atoms with van der Waals surface area (Å²) in [6.45, 7) is 0.504. The van der Waals surface area contributed by atoms with Crippen LogP contribution in [-0.4, -0.2) is 10.9 Å². The molecule has 1 aromatic heterocycles. The van der Waals surface area contributed by atoms with E-state index in [0.717, 1.165) is 15.6 Å². The molecule has 0 fully saturated rings. The van der Waals surface area contributed by atoms with Crippen molar-refractivity contribution in [3.63, 3.8) is 0 Å². The zero-order chi connectivity index (χ0) is 13.5. The minimum atomic E-state index is -0.114. The van der Waals surface area contributed by atoms with Crippen molar-refractivity contribution in [1.82, 2.24) is 10.3 Å². The van der Waals surface area contributed by atoms with Crippen LogP contribution in [0.5, 0.6) is 0 Å². The highest BCUT2D eigenvalue weighted by molar-refractivity contribution is 9.10. The lowest BCUT2D eigenvalue weighted by Gasteiger charge is -2.01. The van der Waals surface area contributed by atoms with Crippen LogP contribution in [0.3, 0.4) is 0 Å². The zero-order valence-corrected chi connectivity index (χ0v) is 11.8. The topological polar surface area (TPSA) is 42.0 Å². The normalized spacial score (nSPS) is 10.6. The average molecular weight is 317 g/mol. The number of halogens is 1. The van der Waals surface area contributed by atoms with Gasteiger partial charge in [0.2, 0.25) is 5.91 Å². The zero-order valence-electron chi connectivity index (χ0n) is 10.2. The fourth-order valence-corrected chi connectivity index (χ4v) is 1.95. The first-order chi connectivity index (χ1) is 9.24. The van der Waals surface area contributed by atoms with E-state index in [0.29, 0.717) is 6.54 Å². The van der Waals surface area contributed by atoms with E-state index in [2.05, 4.69) is 26.2 Å². The molecule has 0 aliphatic rings. The minimum Gasteiger partial charge on any atom is -0.348 e. The van der Waals surface area contributed by atoms with Crippen LogP contribution in [0.15, 0.2) is 59.3 Å². The Hall–Kier alpha value is -1.94. The third kappa shape index (κ3) is 4.67. The fraction of sp³-hybridized carbons (Fsp3) is 0.0667. The van der Waals surface area contributed by atoms with Crippen molar-refractivity contribution in [2.24, 2.45) is 0 Å². The quantitative estimate of drug-likeness (QED) is 0.880. The van der Waals surface area contributed by atoms with Gasteiger partial charge in [0.25, 0.3) is 0 Å². The number of amides is 1. The summed E-state index contributed by atoms with van der Waals surface area (Å²) < 4.78 is 0.992. The highest BCUT2D eigenvalue weighted by atomic mass is 79.9. The van der Waals surface area contributed by atoms with E-state index in [-0.39, 0.29) is 5.91 Å². The van der Waals surface area contributed by atoms with E-state index >= 15 is 0 Å². The molecule has 2 rings (SSSR count). The molecule has 2 aromatic rings. The van der Waals surface area contributed by atoms with Crippen LogP contribution < -0.4 is 5.32 Å². The molecular weight excluding hydrogens is 304 g/mol. The van der Waals surface area contributed by atoms with Gasteiger partial charge in [0, 0.05) is 29.5 Å². The Kier molecular flexibility index (Phi) is 4.86. The first kappa shape index (κ1) is 13.5. The first-order valence-electron chi connectivity index (χ1n) is 5.84. The number of rotatable bonds is 4. The van der Waals surface area contributed by atoms with Crippen LogP contribution in [0.25, 0.3) is 6.08 Å². The molecular formula is C15H13BrN2O. The maximum absolute atomic E-state index is 11.6. The third-order valence-electron chi connectivity index (χ3n) is 2.49. The van der Waals surface area contributed by atoms with Crippen LogP contribution in [0.4, 0.5) is 0 Å². The molecule has 0 aliphatic heterocycles. The molecule has 1 aromatic carbocycles. The summed E-state index contributed by atoms with van der Waals surface area (Å²) in [4.78, 5) is 15.6. The van der Waals surface area contributed by atoms with E-state index in [1.165, 1.54) is 6.08 Å². The van der Waals surface area contributed by atoms with Gasteiger partial charge in [0.05, 0.1) is 0 Å². The molecule has 1 N–H and O–H groups in total. The molecule has 19 heavy (non-hydrogen) atoms. The molecule has 1 heterocycles. The number of carbonyl (C=O) groups excluding carboxylic acids is 1. The highest BCUT2D eigenvalue weighted by Gasteiger charge is 1.96. The lowest BCUT2D eigenvalue weighted by Crippen LogP contribution is -2.20. The van der Waals surface area contributed by atoms with E-state index in [4.69, 9.17) is 0 Å². The molecule has 0 saturated heterocycles. The second-order valence-electron chi connectivity index (χ2n) is 3.96. The molecule has 96 valence electrons. The van der Waals surface area contributed by atoms with Gasteiger partial charge >= 0.3 is 0 Å². The molecule has 3 nitrogen and oxygen atoms in total. The third-order valence-corrected chi connectivity index (χ3v) is 2.99. The van der Waals surface area contributed by atoms with Crippen LogP contribution in [0.1, 0.15) is 11.1 Å². The smallest absolute Gasteiger partial charge is 0.244 e. The van der Waals surface area contributed by atoms with E-state index in [9.17, 15) is 4.79 Å². The van der Waals surface area contributed by atoms with Crippen molar-refractivity contribution in [3.05, 3.63) is 70.5 Å². The van der Waals surface area contributed by atoms with Crippen molar-refractivity contribution in [2.45, 2.75) is 6.54 Å². The van der Waals surface area contributed by atoms with Crippen LogP contribution in [-0.2, 0) is 11.3 Å². The standard InChI is InChI=1S/C15H13BrN2O/c16-14-3-1-2-12(10-14)4-5-15(19)18-11-13-6-8-17-9-7-13/h1-10H,11H2,(H,18,19)/b5-4+. The number of aromatic nitrogens is 1. The number of pyridine rings is 1. The summed E-state index contributed by atoms with van der Waals surface area (Å²) in [6, 6.07) is 11.5. The van der Waals surface area contributed by atoms with Gasteiger partial charge in [-0.15, -0.1) is 0 Å². The summed E-state index contributed by atoms with van der Waals surface area (Å²) >= 11 is 3.39. The largest absolute Gasteiger partial charge is 0.348 e. The van der Waals surface area contributed by atoms with Crippen LogP contribution >= 0.6 is 15.9 Å². The highest BCUT2D eigenvalue weighted by Crippen LogP contribution is 2.12. The molecule has 0 spiro atoms. The second kappa shape index (κ2) is 6.85. The summed E-state index contributed by atoms with van der Waals surface area (Å²) in [5, 5.41) is 2.82. The Balaban J connectivity index is 1.88. The fourth-order valence-electron chi connectivity index (χ4n) is 1.53. The maximum Gasteiger partial charge on any atom is 0.244 e. The van der Waals surface area contributed by atoms with Gasteiger partial charge in [-0.3, -0.25) is 9.78 Å². The van der Waals surface area contributed by atoms with Crippen molar-refractivity contribution in [1.29, 1.82) is 0 Å². The van der Waals surface area contributed by atoms with Crippen LogP contribution in [0, 0.1) is 0 Å². The van der Waals surface area contributed by atoms with Gasteiger partial charge < -0.3 is 5.32 Å². The molecule has 0 saturated carbocycles. The van der Waals surface area contributed by atoms with Gasteiger partial charge in [0.15, 0.2) is 0 Å². The van der Waals surface area contributed by atoms with Crippen molar-refractivity contribution >= 4 is 27.9 Å². The summed E-state index contributed by atoms with van der Waals surface area (Å²) in [6.07, 6.45) is 6.73. The van der Waals surface area contributed by atoms with E-state index < -0.39 is 0 Å². The Morgan fingerprint density at radius 2 is 2.05 bits per heavy atom. The van der Waals surface area contributed by atoms with Gasteiger partial charge in [-0.25, -0.2) is 0 Å². The molecule has 0 unspecified atom stereocenters.